The van der Waals surface area contributed by atoms with E-state index in [0.29, 0.717) is 5.52 Å². The van der Waals surface area contributed by atoms with Gasteiger partial charge in [-0.2, -0.15) is 0 Å². The van der Waals surface area contributed by atoms with Crippen molar-refractivity contribution in [3.05, 3.63) is 50.9 Å². The van der Waals surface area contributed by atoms with Gasteiger partial charge in [0.2, 0.25) is 0 Å². The fourth-order valence-corrected chi connectivity index (χ4v) is 3.57. The van der Waals surface area contributed by atoms with E-state index in [-0.39, 0.29) is 5.56 Å². The molecule has 4 nitrogen and oxygen atoms in total. The molecule has 2 aromatic carbocycles. The maximum Gasteiger partial charge on any atom is 0.335 e. The summed E-state index contributed by atoms with van der Waals surface area (Å²) in [6, 6.07) is 10.9. The number of carboxylic acid groups (broad SMARTS) is 1. The number of hydrogen-bond donors (Lipinski definition) is 1. The van der Waals surface area contributed by atoms with Gasteiger partial charge < -0.3 is 9.67 Å². The van der Waals surface area contributed by atoms with Crippen molar-refractivity contribution in [2.45, 2.75) is 0 Å². The molecule has 0 unspecified atom stereocenters. The number of carbonyl (C=O) groups is 1. The fraction of sp³-hybridized carbons (Fsp3) is 0.0667. The molecule has 1 N–H and O–H groups in total. The number of aromatic carboxylic acids is 1. The van der Waals surface area contributed by atoms with Crippen molar-refractivity contribution in [1.29, 1.82) is 0 Å². The smallest absolute Gasteiger partial charge is 0.335 e. The Labute approximate surface area is 137 Å². The number of imidazole rings is 1. The zero-order chi connectivity index (χ0) is 15.1. The molecule has 106 valence electrons. The van der Waals surface area contributed by atoms with E-state index >= 15 is 0 Å². The number of benzene rings is 2. The summed E-state index contributed by atoms with van der Waals surface area (Å²) in [5.74, 6) is -0.163. The summed E-state index contributed by atoms with van der Waals surface area (Å²) < 4.78 is 3.85. The number of fused-ring (bicyclic) bond motifs is 1. The molecule has 3 rings (SSSR count). The van der Waals surface area contributed by atoms with Crippen LogP contribution in [0.3, 0.4) is 0 Å². The van der Waals surface area contributed by atoms with Crippen molar-refractivity contribution in [1.82, 2.24) is 9.55 Å². The summed E-state index contributed by atoms with van der Waals surface area (Å²) in [4.78, 5) is 15.6. The van der Waals surface area contributed by atoms with E-state index < -0.39 is 5.97 Å². The fourth-order valence-electron chi connectivity index (χ4n) is 2.27. The topological polar surface area (TPSA) is 55.1 Å². The first-order valence-corrected chi connectivity index (χ1v) is 7.70. The molecule has 0 saturated heterocycles. The second-order valence-corrected chi connectivity index (χ2v) is 6.49. The van der Waals surface area contributed by atoms with E-state index in [9.17, 15) is 4.79 Å². The van der Waals surface area contributed by atoms with Gasteiger partial charge in [-0.25, -0.2) is 9.78 Å². The van der Waals surface area contributed by atoms with Gasteiger partial charge in [-0.1, -0.05) is 31.9 Å². The van der Waals surface area contributed by atoms with Crippen molar-refractivity contribution in [3.63, 3.8) is 0 Å². The molecule has 0 atom stereocenters. The van der Waals surface area contributed by atoms with E-state index in [1.165, 1.54) is 0 Å². The van der Waals surface area contributed by atoms with Crippen LogP contribution in [0.1, 0.15) is 10.4 Å². The minimum absolute atomic E-state index is 0.238. The van der Waals surface area contributed by atoms with Gasteiger partial charge in [-0.05, 0) is 36.4 Å². The van der Waals surface area contributed by atoms with Crippen LogP contribution >= 0.6 is 31.9 Å². The van der Waals surface area contributed by atoms with Gasteiger partial charge in [0, 0.05) is 21.6 Å². The number of carboxylic acids is 1. The van der Waals surface area contributed by atoms with Crippen LogP contribution in [0.25, 0.3) is 22.4 Å². The first-order chi connectivity index (χ1) is 9.95. The molecule has 0 aliphatic rings. The Kier molecular flexibility index (Phi) is 3.59. The third-order valence-electron chi connectivity index (χ3n) is 3.25. The molecular weight excluding hydrogens is 400 g/mol. The predicted molar refractivity (Wildman–Crippen MR) is 88.5 cm³/mol. The molecule has 21 heavy (non-hydrogen) atoms. The molecule has 0 spiro atoms. The first kappa shape index (κ1) is 14.3. The van der Waals surface area contributed by atoms with Crippen molar-refractivity contribution in [2.75, 3.05) is 0 Å². The minimum atomic E-state index is -0.950. The van der Waals surface area contributed by atoms with Crippen LogP contribution in [0.5, 0.6) is 0 Å². The molecule has 1 aromatic heterocycles. The lowest BCUT2D eigenvalue weighted by Gasteiger charge is -2.04. The lowest BCUT2D eigenvalue weighted by atomic mass is 10.2. The molecule has 0 fully saturated rings. The van der Waals surface area contributed by atoms with Crippen molar-refractivity contribution in [2.24, 2.45) is 7.05 Å². The quantitative estimate of drug-likeness (QED) is 0.679. The maximum absolute atomic E-state index is 11.0. The lowest BCUT2D eigenvalue weighted by molar-refractivity contribution is 0.0697. The Morgan fingerprint density at radius 3 is 2.43 bits per heavy atom. The third-order valence-corrected chi connectivity index (χ3v) is 4.16. The number of rotatable bonds is 2. The Hall–Kier alpha value is -1.66. The molecule has 0 radical (unpaired) electrons. The Balaban J connectivity index is 2.23. The van der Waals surface area contributed by atoms with E-state index in [1.807, 2.05) is 29.8 Å². The summed E-state index contributed by atoms with van der Waals surface area (Å²) in [6.07, 6.45) is 0. The maximum atomic E-state index is 11.0. The Morgan fingerprint density at radius 1 is 1.14 bits per heavy atom. The molecule has 0 aliphatic carbocycles. The van der Waals surface area contributed by atoms with Crippen LogP contribution < -0.4 is 0 Å². The van der Waals surface area contributed by atoms with Crippen LogP contribution in [0.4, 0.5) is 0 Å². The second kappa shape index (κ2) is 5.27. The molecule has 0 saturated carbocycles. The molecule has 0 bridgehead atoms. The van der Waals surface area contributed by atoms with E-state index in [1.54, 1.807) is 18.2 Å². The highest BCUT2D eigenvalue weighted by molar-refractivity contribution is 9.11. The summed E-state index contributed by atoms with van der Waals surface area (Å²) in [5.41, 5.74) is 2.75. The number of hydrogen-bond acceptors (Lipinski definition) is 2. The van der Waals surface area contributed by atoms with Crippen LogP contribution in [0.2, 0.25) is 0 Å². The Morgan fingerprint density at radius 2 is 1.81 bits per heavy atom. The highest BCUT2D eigenvalue weighted by Crippen LogP contribution is 2.29. The van der Waals surface area contributed by atoms with Crippen LogP contribution in [0, 0.1) is 0 Å². The van der Waals surface area contributed by atoms with E-state index in [2.05, 4.69) is 36.8 Å². The molecule has 6 heteroatoms. The number of aromatic nitrogens is 2. The zero-order valence-electron chi connectivity index (χ0n) is 11.0. The van der Waals surface area contributed by atoms with Gasteiger partial charge in [0.25, 0.3) is 0 Å². The summed E-state index contributed by atoms with van der Waals surface area (Å²) in [6.45, 7) is 0. The summed E-state index contributed by atoms with van der Waals surface area (Å²) in [5, 5.41) is 9.06. The normalized spacial score (nSPS) is 11.0. The zero-order valence-corrected chi connectivity index (χ0v) is 14.1. The van der Waals surface area contributed by atoms with Crippen LogP contribution in [-0.2, 0) is 7.05 Å². The largest absolute Gasteiger partial charge is 0.478 e. The average molecular weight is 410 g/mol. The SMILES string of the molecule is Cn1c(-c2cc(Br)cc(Br)c2)nc2cc(C(=O)O)ccc21. The predicted octanol–water partition coefficient (Wildman–Crippen LogP) is 4.46. The van der Waals surface area contributed by atoms with Crippen molar-refractivity contribution in [3.8, 4) is 11.4 Å². The van der Waals surface area contributed by atoms with Crippen LogP contribution in [0.15, 0.2) is 45.3 Å². The van der Waals surface area contributed by atoms with Crippen LogP contribution in [-0.4, -0.2) is 20.6 Å². The number of nitrogens with zero attached hydrogens (tertiary/aromatic N) is 2. The summed E-state index contributed by atoms with van der Waals surface area (Å²) in [7, 11) is 1.92. The summed E-state index contributed by atoms with van der Waals surface area (Å²) >= 11 is 6.93. The van der Waals surface area contributed by atoms with Crippen molar-refractivity contribution >= 4 is 48.9 Å². The standard InChI is InChI=1S/C15H10Br2N2O2/c1-19-13-3-2-8(15(20)21)6-12(13)18-14(19)9-4-10(16)7-11(17)5-9/h2-7H,1H3,(H,20,21). The van der Waals surface area contributed by atoms with Gasteiger partial charge >= 0.3 is 5.97 Å². The van der Waals surface area contributed by atoms with Gasteiger partial charge in [-0.15, -0.1) is 0 Å². The number of halogens is 2. The third kappa shape index (κ3) is 2.61. The average Bonchev–Trinajstić information content (AvgIpc) is 2.74. The van der Waals surface area contributed by atoms with E-state index in [4.69, 9.17) is 5.11 Å². The van der Waals surface area contributed by atoms with Gasteiger partial charge in [0.15, 0.2) is 0 Å². The van der Waals surface area contributed by atoms with E-state index in [0.717, 1.165) is 25.8 Å². The molecule has 3 aromatic rings. The minimum Gasteiger partial charge on any atom is -0.478 e. The van der Waals surface area contributed by atoms with Gasteiger partial charge in [0.05, 0.1) is 16.6 Å². The second-order valence-electron chi connectivity index (χ2n) is 4.66. The monoisotopic (exact) mass is 408 g/mol. The Bertz CT molecular complexity index is 851. The highest BCUT2D eigenvalue weighted by atomic mass is 79.9. The lowest BCUT2D eigenvalue weighted by Crippen LogP contribution is -1.95. The van der Waals surface area contributed by atoms with Gasteiger partial charge in [0.1, 0.15) is 5.82 Å². The van der Waals surface area contributed by atoms with Gasteiger partial charge in [-0.3, -0.25) is 0 Å². The molecule has 1 heterocycles. The molecular formula is C15H10Br2N2O2. The number of aryl methyl sites for hydroxylation is 1. The first-order valence-electron chi connectivity index (χ1n) is 6.12. The highest BCUT2D eigenvalue weighted by Gasteiger charge is 2.13. The molecule has 0 amide bonds. The van der Waals surface area contributed by atoms with Crippen molar-refractivity contribution < 1.29 is 9.90 Å². The molecule has 0 aliphatic heterocycles.